The van der Waals surface area contributed by atoms with E-state index in [2.05, 4.69) is 16.2 Å². The lowest BCUT2D eigenvalue weighted by atomic mass is 10.1. The van der Waals surface area contributed by atoms with Gasteiger partial charge in [-0.1, -0.05) is 48.0 Å². The molecule has 0 aliphatic heterocycles. The number of hydrogen-bond acceptors (Lipinski definition) is 4. The highest BCUT2D eigenvalue weighted by atomic mass is 32.1. The molecule has 3 aromatic carbocycles. The standard InChI is InChI=1S/C21H19N3O3S/c1-14-5-4-8-17(11-14)20(26)23-24-21(28)22-19(25)13-27-18-10-9-15-6-2-3-7-16(15)12-18/h2-12H,13H2,1H3,(H,23,26)(H2,22,24,25,28). The second-order valence-electron chi connectivity index (χ2n) is 6.12. The van der Waals surface area contributed by atoms with E-state index >= 15 is 0 Å². The molecule has 0 aromatic heterocycles. The molecule has 0 aliphatic carbocycles. The number of carbonyl (C=O) groups is 2. The number of benzene rings is 3. The van der Waals surface area contributed by atoms with Gasteiger partial charge in [-0.25, -0.2) is 0 Å². The molecule has 0 radical (unpaired) electrons. The number of aryl methyl sites for hydroxylation is 1. The van der Waals surface area contributed by atoms with Crippen molar-refractivity contribution in [2.24, 2.45) is 0 Å². The van der Waals surface area contributed by atoms with Crippen LogP contribution >= 0.6 is 12.2 Å². The maximum atomic E-state index is 12.0. The van der Waals surface area contributed by atoms with Gasteiger partial charge in [-0.3, -0.25) is 25.8 Å². The zero-order valence-corrected chi connectivity index (χ0v) is 16.0. The minimum absolute atomic E-state index is 0.0203. The number of carbonyl (C=O) groups excluding carboxylic acids is 2. The summed E-state index contributed by atoms with van der Waals surface area (Å²) in [5.41, 5.74) is 6.39. The zero-order valence-electron chi connectivity index (χ0n) is 15.2. The summed E-state index contributed by atoms with van der Waals surface area (Å²) in [4.78, 5) is 24.0. The monoisotopic (exact) mass is 393 g/mol. The number of nitrogens with one attached hydrogen (secondary N) is 3. The SMILES string of the molecule is Cc1cccc(C(=O)NNC(=S)NC(=O)COc2ccc3ccccc3c2)c1. The highest BCUT2D eigenvalue weighted by molar-refractivity contribution is 7.80. The fraction of sp³-hybridized carbons (Fsp3) is 0.0952. The van der Waals surface area contributed by atoms with Crippen LogP contribution in [0, 0.1) is 6.92 Å². The van der Waals surface area contributed by atoms with Gasteiger partial charge in [0.2, 0.25) is 0 Å². The fourth-order valence-corrected chi connectivity index (χ4v) is 2.74. The molecular formula is C21H19N3O3S. The third-order valence-electron chi connectivity index (χ3n) is 3.91. The molecule has 142 valence electrons. The number of ether oxygens (including phenoxy) is 1. The first-order valence-corrected chi connectivity index (χ1v) is 9.00. The van der Waals surface area contributed by atoms with Crippen LogP contribution in [0.5, 0.6) is 5.75 Å². The normalized spacial score (nSPS) is 10.2. The summed E-state index contributed by atoms with van der Waals surface area (Å²) < 4.78 is 5.50. The van der Waals surface area contributed by atoms with Gasteiger partial charge in [0, 0.05) is 5.56 Å². The molecule has 0 saturated carbocycles. The lowest BCUT2D eigenvalue weighted by Gasteiger charge is -2.12. The highest BCUT2D eigenvalue weighted by Gasteiger charge is 2.09. The van der Waals surface area contributed by atoms with Gasteiger partial charge >= 0.3 is 0 Å². The minimum atomic E-state index is -0.435. The Morgan fingerprint density at radius 2 is 1.71 bits per heavy atom. The molecule has 0 bridgehead atoms. The van der Waals surface area contributed by atoms with Crippen molar-refractivity contribution in [1.82, 2.24) is 16.2 Å². The third-order valence-corrected chi connectivity index (χ3v) is 4.12. The zero-order chi connectivity index (χ0) is 19.9. The van der Waals surface area contributed by atoms with E-state index in [0.29, 0.717) is 11.3 Å². The lowest BCUT2D eigenvalue weighted by Crippen LogP contribution is -2.49. The predicted octanol–water partition coefficient (Wildman–Crippen LogP) is 2.86. The van der Waals surface area contributed by atoms with Crippen molar-refractivity contribution in [3.05, 3.63) is 77.9 Å². The van der Waals surface area contributed by atoms with Gasteiger partial charge in [0.1, 0.15) is 5.75 Å². The van der Waals surface area contributed by atoms with Crippen LogP contribution in [0.25, 0.3) is 10.8 Å². The van der Waals surface area contributed by atoms with Crippen LogP contribution in [-0.4, -0.2) is 23.5 Å². The highest BCUT2D eigenvalue weighted by Crippen LogP contribution is 2.20. The topological polar surface area (TPSA) is 79.5 Å². The van der Waals surface area contributed by atoms with E-state index in [1.165, 1.54) is 0 Å². The Labute approximate surface area is 167 Å². The van der Waals surface area contributed by atoms with Crippen molar-refractivity contribution in [2.75, 3.05) is 6.61 Å². The van der Waals surface area contributed by atoms with E-state index in [0.717, 1.165) is 16.3 Å². The molecule has 6 nitrogen and oxygen atoms in total. The van der Waals surface area contributed by atoms with Gasteiger partial charge in [0.25, 0.3) is 11.8 Å². The van der Waals surface area contributed by atoms with Crippen molar-refractivity contribution >= 4 is 39.9 Å². The molecule has 0 fully saturated rings. The van der Waals surface area contributed by atoms with Crippen LogP contribution < -0.4 is 20.9 Å². The van der Waals surface area contributed by atoms with E-state index in [-0.39, 0.29) is 17.6 Å². The Hall–Kier alpha value is -3.45. The number of fused-ring (bicyclic) bond motifs is 1. The van der Waals surface area contributed by atoms with E-state index in [1.54, 1.807) is 24.3 Å². The predicted molar refractivity (Wildman–Crippen MR) is 112 cm³/mol. The van der Waals surface area contributed by atoms with Gasteiger partial charge in [0.15, 0.2) is 11.7 Å². The van der Waals surface area contributed by atoms with Gasteiger partial charge in [-0.2, -0.15) is 0 Å². The first-order valence-electron chi connectivity index (χ1n) is 8.60. The first kappa shape index (κ1) is 19.3. The Morgan fingerprint density at radius 3 is 2.50 bits per heavy atom. The third kappa shape index (κ3) is 5.28. The van der Waals surface area contributed by atoms with Crippen LogP contribution in [0.15, 0.2) is 66.7 Å². The number of hydrazine groups is 1. The van der Waals surface area contributed by atoms with Gasteiger partial charge < -0.3 is 4.74 Å². The molecular weight excluding hydrogens is 374 g/mol. The second kappa shape index (κ2) is 8.96. The molecule has 0 atom stereocenters. The van der Waals surface area contributed by atoms with Crippen molar-refractivity contribution in [3.8, 4) is 5.75 Å². The number of thiocarbonyl (C=S) groups is 1. The Morgan fingerprint density at radius 1 is 0.929 bits per heavy atom. The average Bonchev–Trinajstić information content (AvgIpc) is 2.70. The molecule has 0 aliphatic rings. The molecule has 0 heterocycles. The second-order valence-corrected chi connectivity index (χ2v) is 6.53. The van der Waals surface area contributed by atoms with Crippen molar-refractivity contribution in [1.29, 1.82) is 0 Å². The molecule has 7 heteroatoms. The molecule has 0 saturated heterocycles. The summed E-state index contributed by atoms with van der Waals surface area (Å²) in [6.07, 6.45) is 0. The molecule has 2 amide bonds. The Balaban J connectivity index is 1.44. The molecule has 3 aromatic rings. The largest absolute Gasteiger partial charge is 0.484 e. The van der Waals surface area contributed by atoms with Crippen LogP contribution in [0.4, 0.5) is 0 Å². The van der Waals surface area contributed by atoms with Gasteiger partial charge in [0.05, 0.1) is 0 Å². The van der Waals surface area contributed by atoms with E-state index in [1.807, 2.05) is 49.4 Å². The summed E-state index contributed by atoms with van der Waals surface area (Å²) in [6, 6.07) is 20.6. The van der Waals surface area contributed by atoms with Gasteiger partial charge in [-0.15, -0.1) is 0 Å². The number of rotatable bonds is 4. The summed E-state index contributed by atoms with van der Waals surface area (Å²) in [5, 5.41) is 4.54. The smallest absolute Gasteiger partial charge is 0.269 e. The molecule has 3 rings (SSSR count). The van der Waals surface area contributed by atoms with Gasteiger partial charge in [-0.05, 0) is 54.2 Å². The molecule has 28 heavy (non-hydrogen) atoms. The van der Waals surface area contributed by atoms with Crippen LogP contribution in [0.1, 0.15) is 15.9 Å². The van der Waals surface area contributed by atoms with Crippen molar-refractivity contribution < 1.29 is 14.3 Å². The number of hydrogen-bond donors (Lipinski definition) is 3. The maximum Gasteiger partial charge on any atom is 0.269 e. The van der Waals surface area contributed by atoms with E-state index in [9.17, 15) is 9.59 Å². The minimum Gasteiger partial charge on any atom is -0.484 e. The summed E-state index contributed by atoms with van der Waals surface area (Å²) in [5.74, 6) is -0.205. The summed E-state index contributed by atoms with van der Waals surface area (Å²) >= 11 is 5.01. The van der Waals surface area contributed by atoms with Crippen LogP contribution in [0.3, 0.4) is 0 Å². The van der Waals surface area contributed by atoms with Crippen LogP contribution in [0.2, 0.25) is 0 Å². The fourth-order valence-electron chi connectivity index (χ4n) is 2.57. The maximum absolute atomic E-state index is 12.0. The Kier molecular flexibility index (Phi) is 6.18. The quantitative estimate of drug-likeness (QED) is 0.469. The lowest BCUT2D eigenvalue weighted by molar-refractivity contribution is -0.121. The summed E-state index contributed by atoms with van der Waals surface area (Å²) in [7, 11) is 0. The average molecular weight is 393 g/mol. The van der Waals surface area contributed by atoms with Crippen molar-refractivity contribution in [3.63, 3.8) is 0 Å². The summed E-state index contributed by atoms with van der Waals surface area (Å²) in [6.45, 7) is 1.69. The molecule has 3 N–H and O–H groups in total. The first-order chi connectivity index (χ1) is 13.5. The van der Waals surface area contributed by atoms with E-state index in [4.69, 9.17) is 17.0 Å². The van der Waals surface area contributed by atoms with Crippen molar-refractivity contribution in [2.45, 2.75) is 6.92 Å². The Bertz CT molecular complexity index is 1040. The molecule has 0 spiro atoms. The van der Waals surface area contributed by atoms with E-state index < -0.39 is 5.91 Å². The number of amides is 2. The molecule has 0 unspecified atom stereocenters. The van der Waals surface area contributed by atoms with Crippen LogP contribution in [-0.2, 0) is 4.79 Å².